The second-order valence-electron chi connectivity index (χ2n) is 15.2. The SMILES string of the molecule is COc1c2c(c(OC)c3c(=O)cc(C4(CCC5(c6cc(=O)c7c(OC)c8c(c(OC)c7o6)OCC8)C6CCN5CC6)C5CCN4CC5)oc13)CCO2. The number of hydrogen-bond acceptors (Lipinski definition) is 12. The van der Waals surface area contributed by atoms with Crippen molar-refractivity contribution in [1.82, 2.24) is 9.80 Å². The van der Waals surface area contributed by atoms with Gasteiger partial charge in [0.1, 0.15) is 33.8 Å². The molecule has 4 fully saturated rings. The van der Waals surface area contributed by atoms with E-state index in [1.165, 1.54) is 0 Å². The number of fused-ring (bicyclic) bond motifs is 8. The summed E-state index contributed by atoms with van der Waals surface area (Å²) in [4.78, 5) is 33.5. The van der Waals surface area contributed by atoms with Crippen LogP contribution in [0.1, 0.15) is 61.2 Å². The molecule has 12 nitrogen and oxygen atoms in total. The van der Waals surface area contributed by atoms with E-state index in [0.29, 0.717) is 106 Å². The molecule has 4 aromatic rings. The number of benzene rings is 2. The number of methoxy groups -OCH3 is 4. The van der Waals surface area contributed by atoms with Gasteiger partial charge in [-0.05, 0) is 76.5 Å². The predicted molar refractivity (Wildman–Crippen MR) is 191 cm³/mol. The monoisotopic (exact) mass is 712 g/mol. The zero-order valence-electron chi connectivity index (χ0n) is 30.2. The fourth-order valence-electron chi connectivity index (χ4n) is 11.3. The van der Waals surface area contributed by atoms with Gasteiger partial charge in [0.2, 0.25) is 11.5 Å². The largest absolute Gasteiger partial charge is 0.495 e. The van der Waals surface area contributed by atoms with Gasteiger partial charge in [-0.1, -0.05) is 0 Å². The zero-order valence-corrected chi connectivity index (χ0v) is 30.2. The van der Waals surface area contributed by atoms with Crippen LogP contribution in [-0.4, -0.2) is 77.6 Å². The number of ether oxygens (including phenoxy) is 6. The fourth-order valence-corrected chi connectivity index (χ4v) is 11.3. The summed E-state index contributed by atoms with van der Waals surface area (Å²) in [5.74, 6) is 4.93. The van der Waals surface area contributed by atoms with Crippen molar-refractivity contribution >= 4 is 21.9 Å². The molecule has 274 valence electrons. The summed E-state index contributed by atoms with van der Waals surface area (Å²) in [5, 5.41) is 0.772. The minimum Gasteiger partial charge on any atom is -0.495 e. The average molecular weight is 713 g/mol. The molecule has 0 spiro atoms. The van der Waals surface area contributed by atoms with Gasteiger partial charge in [-0.25, -0.2) is 0 Å². The second-order valence-corrected chi connectivity index (χ2v) is 15.2. The molecule has 52 heavy (non-hydrogen) atoms. The van der Waals surface area contributed by atoms with Crippen molar-refractivity contribution < 1.29 is 37.3 Å². The predicted octanol–water partition coefficient (Wildman–Crippen LogP) is 5.13. The highest BCUT2D eigenvalue weighted by Gasteiger charge is 2.61. The number of rotatable bonds is 9. The van der Waals surface area contributed by atoms with Gasteiger partial charge in [0.15, 0.2) is 33.5 Å². The maximum atomic E-state index is 14.2. The first-order valence-electron chi connectivity index (χ1n) is 18.7. The number of piperidine rings is 2. The topological polar surface area (TPSA) is 122 Å². The van der Waals surface area contributed by atoms with E-state index in [1.807, 2.05) is 0 Å². The summed E-state index contributed by atoms with van der Waals surface area (Å²) in [5.41, 5.74) is 1.06. The molecule has 0 saturated carbocycles. The lowest BCUT2D eigenvalue weighted by Crippen LogP contribution is -2.45. The molecule has 2 aromatic heterocycles. The Balaban J connectivity index is 1.14. The maximum absolute atomic E-state index is 14.2. The molecule has 2 aromatic carbocycles. The highest BCUT2D eigenvalue weighted by molar-refractivity contribution is 5.94. The molecule has 4 saturated heterocycles. The Morgan fingerprint density at radius 3 is 1.33 bits per heavy atom. The van der Waals surface area contributed by atoms with Gasteiger partial charge in [0.25, 0.3) is 0 Å². The van der Waals surface area contributed by atoms with Crippen LogP contribution >= 0.6 is 0 Å². The van der Waals surface area contributed by atoms with Crippen LogP contribution < -0.4 is 39.3 Å². The van der Waals surface area contributed by atoms with E-state index in [-0.39, 0.29) is 10.9 Å². The lowest BCUT2D eigenvalue weighted by molar-refractivity contribution is 0.0670. The Morgan fingerprint density at radius 2 is 1.00 bits per heavy atom. The van der Waals surface area contributed by atoms with Gasteiger partial charge < -0.3 is 37.3 Å². The standard InChI is InChI=1S/C40H44N2O10/c1-45-31-23-9-17-49-33(23)37(47-3)35-29(31)25(43)19-27(51-35)39(21-5-13-41(39)14-6-21)11-12-40(22-7-15-42(40)16-8-22)28-20-26(44)30-32(46-2)24-10-18-50-34(24)38(48-4)36(30)52-28/h19-22H,5-18H2,1-4H3. The molecular weight excluding hydrogens is 668 g/mol. The van der Waals surface area contributed by atoms with Crippen LogP contribution in [-0.2, 0) is 23.9 Å². The first-order valence-corrected chi connectivity index (χ1v) is 18.7. The zero-order chi connectivity index (χ0) is 35.5. The maximum Gasteiger partial charge on any atom is 0.205 e. The third kappa shape index (κ3) is 4.00. The molecule has 0 N–H and O–H groups in total. The van der Waals surface area contributed by atoms with E-state index in [1.54, 1.807) is 40.6 Å². The van der Waals surface area contributed by atoms with Gasteiger partial charge >= 0.3 is 0 Å². The highest BCUT2D eigenvalue weighted by Crippen LogP contribution is 2.60. The summed E-state index contributed by atoms with van der Waals surface area (Å²) in [7, 11) is 6.34. The molecule has 6 aliphatic heterocycles. The second kappa shape index (κ2) is 11.5. The van der Waals surface area contributed by atoms with E-state index in [0.717, 1.165) is 75.8 Å². The number of nitrogens with zero attached hydrogens (tertiary/aromatic N) is 2. The molecular formula is C40H44N2O10. The lowest BCUT2D eigenvalue weighted by Gasteiger charge is -2.41. The van der Waals surface area contributed by atoms with Crippen molar-refractivity contribution in [3.8, 4) is 34.5 Å². The van der Waals surface area contributed by atoms with E-state index in [9.17, 15) is 9.59 Å². The van der Waals surface area contributed by atoms with E-state index in [2.05, 4.69) is 9.80 Å². The molecule has 10 rings (SSSR count). The van der Waals surface area contributed by atoms with Gasteiger partial charge in [-0.3, -0.25) is 19.4 Å². The van der Waals surface area contributed by atoms with E-state index < -0.39 is 11.1 Å². The highest BCUT2D eigenvalue weighted by atomic mass is 16.5. The van der Waals surface area contributed by atoms with Crippen LogP contribution in [0.5, 0.6) is 34.5 Å². The Morgan fingerprint density at radius 1 is 0.615 bits per heavy atom. The average Bonchev–Trinajstić information content (AvgIpc) is 4.03. The summed E-state index contributed by atoms with van der Waals surface area (Å²) >= 11 is 0. The van der Waals surface area contributed by atoms with E-state index in [4.69, 9.17) is 37.3 Å². The minimum absolute atomic E-state index is 0.149. The molecule has 12 heteroatoms. The van der Waals surface area contributed by atoms with Crippen LogP contribution in [0.25, 0.3) is 21.9 Å². The molecule has 0 aliphatic carbocycles. The van der Waals surface area contributed by atoms with Crippen molar-refractivity contribution in [3.63, 3.8) is 0 Å². The van der Waals surface area contributed by atoms with Crippen LogP contribution in [0.4, 0.5) is 0 Å². The molecule has 6 aliphatic rings. The quantitative estimate of drug-likeness (QED) is 0.229. The molecule has 0 radical (unpaired) electrons. The van der Waals surface area contributed by atoms with Crippen molar-refractivity contribution in [2.24, 2.45) is 11.8 Å². The third-order valence-electron chi connectivity index (χ3n) is 13.5. The smallest absolute Gasteiger partial charge is 0.205 e. The van der Waals surface area contributed by atoms with Crippen molar-refractivity contribution in [1.29, 1.82) is 0 Å². The van der Waals surface area contributed by atoms with Gasteiger partial charge in [-0.15, -0.1) is 0 Å². The van der Waals surface area contributed by atoms with Crippen LogP contribution in [0, 0.1) is 11.8 Å². The minimum atomic E-state index is -0.520. The van der Waals surface area contributed by atoms with Crippen LogP contribution in [0.15, 0.2) is 30.6 Å². The van der Waals surface area contributed by atoms with Gasteiger partial charge in [0.05, 0.1) is 52.7 Å². The van der Waals surface area contributed by atoms with Crippen molar-refractivity contribution in [3.05, 3.63) is 55.2 Å². The normalized spacial score (nSPS) is 29.4. The van der Waals surface area contributed by atoms with Crippen molar-refractivity contribution in [2.75, 3.05) is 67.8 Å². The first-order chi connectivity index (χ1) is 25.4. The van der Waals surface area contributed by atoms with Gasteiger partial charge in [0, 0.05) is 36.1 Å². The Kier molecular flexibility index (Phi) is 7.16. The summed E-state index contributed by atoms with van der Waals surface area (Å²) in [6.45, 7) is 4.66. The van der Waals surface area contributed by atoms with E-state index >= 15 is 0 Å². The Bertz CT molecular complexity index is 2080. The number of hydrogen-bond donors (Lipinski definition) is 0. The molecule has 8 heterocycles. The van der Waals surface area contributed by atoms with Crippen molar-refractivity contribution in [2.45, 2.75) is 62.4 Å². The molecule has 2 atom stereocenters. The Hall–Kier alpha value is -4.42. The van der Waals surface area contributed by atoms with Gasteiger partial charge in [-0.2, -0.15) is 0 Å². The summed E-state index contributed by atoms with van der Waals surface area (Å²) in [6, 6.07) is 3.40. The Labute approximate surface area is 300 Å². The van der Waals surface area contributed by atoms with Crippen LogP contribution in [0.2, 0.25) is 0 Å². The fraction of sp³-hybridized carbons (Fsp3) is 0.550. The first kappa shape index (κ1) is 32.2. The summed E-state index contributed by atoms with van der Waals surface area (Å²) in [6.07, 6.45) is 6.76. The molecule has 0 amide bonds. The third-order valence-corrected chi connectivity index (χ3v) is 13.5. The molecule has 4 bridgehead atoms. The summed E-state index contributed by atoms with van der Waals surface area (Å²) < 4.78 is 49.4. The molecule has 2 unspecified atom stereocenters. The van der Waals surface area contributed by atoms with Crippen LogP contribution in [0.3, 0.4) is 0 Å². The lowest BCUT2D eigenvalue weighted by atomic mass is 9.73.